The van der Waals surface area contributed by atoms with Crippen molar-refractivity contribution >= 4 is 36.2 Å². The van der Waals surface area contributed by atoms with Gasteiger partial charge >= 0.3 is 157 Å². The Bertz CT molecular complexity index is 760. The van der Waals surface area contributed by atoms with Crippen molar-refractivity contribution in [3.63, 3.8) is 0 Å². The molecule has 2 saturated carbocycles. The second-order valence-electron chi connectivity index (χ2n) is 9.01. The summed E-state index contributed by atoms with van der Waals surface area (Å²) in [5.74, 6) is 0.571. The molecule has 0 spiro atoms. The fourth-order valence-corrected chi connectivity index (χ4v) is 6.52. The molecule has 0 aromatic carbocycles. The molecular weight excluding hydrogens is 446 g/mol. The Hall–Kier alpha value is -1.46. The summed E-state index contributed by atoms with van der Waals surface area (Å²) in [4.78, 5) is 15.6. The zero-order chi connectivity index (χ0) is 24.3. The van der Waals surface area contributed by atoms with Crippen LogP contribution in [0.1, 0.15) is 71.1 Å². The van der Waals surface area contributed by atoms with Crippen LogP contribution in [0.5, 0.6) is 0 Å². The number of ether oxygens (including phenoxy) is 1. The topological polar surface area (TPSA) is 146 Å². The summed E-state index contributed by atoms with van der Waals surface area (Å²) in [5, 5.41) is 15.0. The SMILES string of the molecule is CCOC(=O)CCC1CCC(NS(=O)(=O)C2CCCC(N/C(=N\B(C)O)NCB=O)C2)CC1. The average molecular weight is 484 g/mol. The van der Waals surface area contributed by atoms with Crippen molar-refractivity contribution in [1.29, 1.82) is 0 Å². The van der Waals surface area contributed by atoms with Gasteiger partial charge in [-0.15, -0.1) is 0 Å². The van der Waals surface area contributed by atoms with Crippen molar-refractivity contribution in [1.82, 2.24) is 15.4 Å². The summed E-state index contributed by atoms with van der Waals surface area (Å²) < 4.78 is 44.7. The first kappa shape index (κ1) is 27.8. The third-order valence-electron chi connectivity index (χ3n) is 6.31. The van der Waals surface area contributed by atoms with Gasteiger partial charge in [0.2, 0.25) is 0 Å². The molecule has 2 atom stereocenters. The number of esters is 1. The van der Waals surface area contributed by atoms with Crippen LogP contribution in [0, 0.1) is 5.92 Å². The van der Waals surface area contributed by atoms with Crippen molar-refractivity contribution < 1.29 is 27.7 Å². The predicted molar refractivity (Wildman–Crippen MR) is 129 cm³/mol. The number of nitrogens with one attached hydrogen (secondary N) is 3. The molecule has 0 amide bonds. The number of hydrogen-bond donors (Lipinski definition) is 4. The second kappa shape index (κ2) is 14.1. The molecule has 2 unspecified atom stereocenters. The molecule has 2 fully saturated rings. The van der Waals surface area contributed by atoms with E-state index in [1.807, 2.05) is 0 Å². The fourth-order valence-electron chi connectivity index (χ4n) is 4.66. The first-order chi connectivity index (χ1) is 15.7. The van der Waals surface area contributed by atoms with E-state index in [0.29, 0.717) is 44.9 Å². The maximum atomic E-state index is 13.1. The van der Waals surface area contributed by atoms with Crippen molar-refractivity contribution in [2.24, 2.45) is 10.8 Å². The van der Waals surface area contributed by atoms with Crippen LogP contribution >= 0.6 is 0 Å². The fraction of sp³-hybridized carbons (Fsp3) is 0.900. The van der Waals surface area contributed by atoms with Crippen molar-refractivity contribution in [2.75, 3.05) is 13.1 Å². The molecular formula is C20H38B2N4O6S. The number of rotatable bonds is 11. The normalized spacial score (nSPS) is 26.2. The zero-order valence-electron chi connectivity index (χ0n) is 19.8. The molecule has 13 heteroatoms. The monoisotopic (exact) mass is 484 g/mol. The Morgan fingerprint density at radius 2 is 1.91 bits per heavy atom. The van der Waals surface area contributed by atoms with Gasteiger partial charge < -0.3 is 4.74 Å². The van der Waals surface area contributed by atoms with Gasteiger partial charge in [-0.25, -0.2) is 0 Å². The number of nitrogens with zero attached hydrogens (tertiary/aromatic N) is 1. The van der Waals surface area contributed by atoms with Gasteiger partial charge in [0.1, 0.15) is 0 Å². The van der Waals surface area contributed by atoms with Crippen molar-refractivity contribution in [3.05, 3.63) is 0 Å². The van der Waals surface area contributed by atoms with E-state index in [4.69, 9.17) is 4.74 Å². The van der Waals surface area contributed by atoms with Crippen LogP contribution in [-0.2, 0) is 24.3 Å². The van der Waals surface area contributed by atoms with E-state index in [0.717, 1.165) is 44.9 Å². The van der Waals surface area contributed by atoms with E-state index in [-0.39, 0.29) is 24.5 Å². The summed E-state index contributed by atoms with van der Waals surface area (Å²) in [6, 6.07) is -0.181. The van der Waals surface area contributed by atoms with E-state index in [9.17, 15) is 22.9 Å². The Labute approximate surface area is 198 Å². The molecule has 0 bridgehead atoms. The molecule has 0 aromatic heterocycles. The van der Waals surface area contributed by atoms with E-state index in [1.165, 1.54) is 6.82 Å². The Balaban J connectivity index is 1.83. The van der Waals surface area contributed by atoms with Crippen LogP contribution < -0.4 is 15.4 Å². The Morgan fingerprint density at radius 3 is 2.55 bits per heavy atom. The van der Waals surface area contributed by atoms with Gasteiger partial charge in [0.05, 0.1) is 6.61 Å². The van der Waals surface area contributed by atoms with Crippen LogP contribution in [0.4, 0.5) is 0 Å². The predicted octanol–water partition coefficient (Wildman–Crippen LogP) is 0.772. The summed E-state index contributed by atoms with van der Waals surface area (Å²) in [6.45, 7) is 3.70. The summed E-state index contributed by atoms with van der Waals surface area (Å²) >= 11 is 0. The number of guanidine groups is 1. The number of carbonyl (C=O) groups is 1. The van der Waals surface area contributed by atoms with Crippen LogP contribution in [0.25, 0.3) is 0 Å². The summed E-state index contributed by atoms with van der Waals surface area (Å²) in [6.07, 6.45) is 7.24. The van der Waals surface area contributed by atoms with Gasteiger partial charge in [0.15, 0.2) is 0 Å². The molecule has 2 rings (SSSR count). The number of hydrogen-bond acceptors (Lipinski definition) is 7. The van der Waals surface area contributed by atoms with Gasteiger partial charge in [-0.3, -0.25) is 4.79 Å². The first-order valence-electron chi connectivity index (χ1n) is 12.1. The molecule has 2 aliphatic carbocycles. The molecule has 10 nitrogen and oxygen atoms in total. The van der Waals surface area contributed by atoms with E-state index in [2.05, 4.69) is 20.3 Å². The Morgan fingerprint density at radius 1 is 1.18 bits per heavy atom. The standard InChI is InChI=1S/C20H38B2N4O6S/c1-3-32-19(27)12-9-15-7-10-16(11-8-15)26-33(30,31)18-6-4-5-17(13-18)24-20(23-14-21-28)25-22(2)29/h15-18,26,29H,3-14H2,1-2H3,(H2,23,24,25). The molecule has 186 valence electrons. The van der Waals surface area contributed by atoms with Crippen LogP contribution in [0.2, 0.25) is 6.82 Å². The van der Waals surface area contributed by atoms with Gasteiger partial charge in [0, 0.05) is 6.42 Å². The molecule has 0 saturated heterocycles. The molecule has 0 radical (unpaired) electrons. The summed E-state index contributed by atoms with van der Waals surface area (Å²) in [7, 11) is -3.72. The van der Waals surface area contributed by atoms with Gasteiger partial charge in [-0.05, 0) is 19.3 Å². The first-order valence-corrected chi connectivity index (χ1v) is 13.6. The van der Waals surface area contributed by atoms with E-state index < -0.39 is 22.3 Å². The maximum absolute atomic E-state index is 13.1. The Kier molecular flexibility index (Phi) is 11.8. The minimum absolute atomic E-state index is 0.0526. The average Bonchev–Trinajstić information content (AvgIpc) is 2.77. The van der Waals surface area contributed by atoms with Gasteiger partial charge in [0.25, 0.3) is 0 Å². The van der Waals surface area contributed by atoms with Gasteiger partial charge in [-0.1, -0.05) is 0 Å². The molecule has 33 heavy (non-hydrogen) atoms. The van der Waals surface area contributed by atoms with Crippen molar-refractivity contribution in [2.45, 2.75) is 95.3 Å². The molecule has 0 aliphatic heterocycles. The molecule has 0 heterocycles. The number of sulfonamides is 1. The summed E-state index contributed by atoms with van der Waals surface area (Å²) in [5.41, 5.74) is 0. The van der Waals surface area contributed by atoms with E-state index in [1.54, 1.807) is 6.92 Å². The quantitative estimate of drug-likeness (QED) is 0.146. The van der Waals surface area contributed by atoms with Crippen LogP contribution in [0.3, 0.4) is 0 Å². The van der Waals surface area contributed by atoms with Crippen LogP contribution in [0.15, 0.2) is 4.90 Å². The minimum atomic E-state index is -3.47. The molecule has 2 aliphatic rings. The molecule has 0 aromatic rings. The van der Waals surface area contributed by atoms with Crippen LogP contribution in [-0.4, -0.2) is 70.0 Å². The zero-order valence-corrected chi connectivity index (χ0v) is 20.6. The van der Waals surface area contributed by atoms with Gasteiger partial charge in [-0.2, -0.15) is 0 Å². The third kappa shape index (κ3) is 10.1. The third-order valence-corrected chi connectivity index (χ3v) is 8.28. The number of carbonyl (C=O) groups excluding carboxylic acids is 1. The van der Waals surface area contributed by atoms with E-state index >= 15 is 0 Å². The molecule has 4 N–H and O–H groups in total. The van der Waals surface area contributed by atoms with Crippen molar-refractivity contribution in [3.8, 4) is 0 Å². The second-order valence-corrected chi connectivity index (χ2v) is 11.0.